The molecular formula is C14H11F4NO2. The molecule has 21 heavy (non-hydrogen) atoms. The van der Waals surface area contributed by atoms with Gasteiger partial charge in [-0.05, 0) is 24.6 Å². The number of hydrogen-bond acceptors (Lipinski definition) is 2. The van der Waals surface area contributed by atoms with E-state index in [0.29, 0.717) is 0 Å². The largest absolute Gasteiger partial charge is 0.462 e. The van der Waals surface area contributed by atoms with Crippen LogP contribution >= 0.6 is 0 Å². The van der Waals surface area contributed by atoms with E-state index < -0.39 is 29.2 Å². The Hall–Kier alpha value is -2.31. The first-order valence-electron chi connectivity index (χ1n) is 6.06. The lowest BCUT2D eigenvalue weighted by Crippen LogP contribution is -2.14. The fourth-order valence-corrected chi connectivity index (χ4v) is 1.92. The molecule has 0 radical (unpaired) electrons. The molecule has 3 nitrogen and oxygen atoms in total. The van der Waals surface area contributed by atoms with Crippen molar-refractivity contribution in [1.82, 2.24) is 4.98 Å². The molecular weight excluding hydrogens is 290 g/mol. The number of carbonyl (C=O) groups excluding carboxylic acids is 1. The van der Waals surface area contributed by atoms with Crippen molar-refractivity contribution >= 4 is 5.97 Å². The van der Waals surface area contributed by atoms with Gasteiger partial charge in [0.1, 0.15) is 11.5 Å². The van der Waals surface area contributed by atoms with Crippen molar-refractivity contribution in [3.05, 3.63) is 47.5 Å². The van der Waals surface area contributed by atoms with Crippen molar-refractivity contribution in [3.8, 4) is 11.1 Å². The first-order valence-corrected chi connectivity index (χ1v) is 6.06. The fraction of sp³-hybridized carbons (Fsp3) is 0.214. The van der Waals surface area contributed by atoms with E-state index in [-0.39, 0.29) is 17.7 Å². The molecule has 0 fully saturated rings. The molecule has 0 unspecified atom stereocenters. The smallest absolute Gasteiger partial charge is 0.432 e. The number of rotatable bonds is 3. The Morgan fingerprint density at radius 2 is 1.86 bits per heavy atom. The SMILES string of the molecule is CCOC(=O)c1c(-c2ccc(F)cc2)c[nH]c1C(F)(F)F. The Labute approximate surface area is 117 Å². The number of halogens is 4. The predicted octanol–water partition coefficient (Wildman–Crippen LogP) is 4.02. The molecule has 1 N–H and O–H groups in total. The summed E-state index contributed by atoms with van der Waals surface area (Å²) in [6, 6.07) is 4.79. The summed E-state index contributed by atoms with van der Waals surface area (Å²) in [5, 5.41) is 0. The third-order valence-corrected chi connectivity index (χ3v) is 2.80. The number of nitrogens with one attached hydrogen (secondary N) is 1. The molecule has 1 aromatic carbocycles. The number of H-pyrrole nitrogens is 1. The summed E-state index contributed by atoms with van der Waals surface area (Å²) >= 11 is 0. The third-order valence-electron chi connectivity index (χ3n) is 2.80. The Balaban J connectivity index is 2.58. The monoisotopic (exact) mass is 301 g/mol. The molecule has 2 aromatic rings. The number of carbonyl (C=O) groups is 1. The molecule has 7 heteroatoms. The van der Waals surface area contributed by atoms with Crippen LogP contribution in [0.5, 0.6) is 0 Å². The van der Waals surface area contributed by atoms with Crippen molar-refractivity contribution in [2.75, 3.05) is 6.61 Å². The number of alkyl halides is 3. The van der Waals surface area contributed by atoms with Crippen LogP contribution in [0.3, 0.4) is 0 Å². The summed E-state index contributed by atoms with van der Waals surface area (Å²) in [4.78, 5) is 13.9. The maximum absolute atomic E-state index is 12.9. The van der Waals surface area contributed by atoms with Gasteiger partial charge < -0.3 is 9.72 Å². The second kappa shape index (κ2) is 5.59. The first kappa shape index (κ1) is 15.1. The van der Waals surface area contributed by atoms with Gasteiger partial charge in [0.15, 0.2) is 0 Å². The van der Waals surface area contributed by atoms with Gasteiger partial charge in [-0.25, -0.2) is 9.18 Å². The van der Waals surface area contributed by atoms with Gasteiger partial charge in [-0.2, -0.15) is 13.2 Å². The summed E-state index contributed by atoms with van der Waals surface area (Å²) in [5.41, 5.74) is -1.48. The Morgan fingerprint density at radius 1 is 1.24 bits per heavy atom. The lowest BCUT2D eigenvalue weighted by Gasteiger charge is -2.09. The quantitative estimate of drug-likeness (QED) is 0.687. The molecule has 0 saturated heterocycles. The second-order valence-electron chi connectivity index (χ2n) is 4.18. The molecule has 0 aliphatic heterocycles. The van der Waals surface area contributed by atoms with E-state index in [1.165, 1.54) is 19.1 Å². The highest BCUT2D eigenvalue weighted by molar-refractivity contribution is 5.98. The minimum Gasteiger partial charge on any atom is -0.462 e. The number of benzene rings is 1. The molecule has 0 atom stereocenters. The zero-order valence-electron chi connectivity index (χ0n) is 10.9. The van der Waals surface area contributed by atoms with Crippen LogP contribution in [0, 0.1) is 5.82 Å². The maximum atomic E-state index is 12.9. The van der Waals surface area contributed by atoms with Crippen molar-refractivity contribution in [1.29, 1.82) is 0 Å². The molecule has 1 aromatic heterocycles. The molecule has 112 valence electrons. The Bertz CT molecular complexity index is 644. The molecule has 0 aliphatic carbocycles. The molecule has 0 saturated carbocycles. The average molecular weight is 301 g/mol. The van der Waals surface area contributed by atoms with Crippen LogP contribution in [0.15, 0.2) is 30.5 Å². The van der Waals surface area contributed by atoms with Gasteiger partial charge >= 0.3 is 12.1 Å². The standard InChI is InChI=1S/C14H11F4NO2/c1-2-21-13(20)11-10(7-19-12(11)14(16,17)18)8-3-5-9(15)6-4-8/h3-7,19H,2H2,1H3. The van der Waals surface area contributed by atoms with Crippen molar-refractivity contribution < 1.29 is 27.1 Å². The average Bonchev–Trinajstić information content (AvgIpc) is 2.84. The molecule has 0 aliphatic rings. The number of aromatic amines is 1. The molecule has 0 amide bonds. The van der Waals surface area contributed by atoms with Gasteiger partial charge in [-0.1, -0.05) is 12.1 Å². The van der Waals surface area contributed by atoms with Crippen LogP contribution in [-0.2, 0) is 10.9 Å². The fourth-order valence-electron chi connectivity index (χ4n) is 1.92. The van der Waals surface area contributed by atoms with Gasteiger partial charge in [-0.3, -0.25) is 0 Å². The Morgan fingerprint density at radius 3 is 2.38 bits per heavy atom. The topological polar surface area (TPSA) is 42.1 Å². The Kier molecular flexibility index (Phi) is 4.02. The van der Waals surface area contributed by atoms with Crippen molar-refractivity contribution in [2.24, 2.45) is 0 Å². The highest BCUT2D eigenvalue weighted by atomic mass is 19.4. The zero-order valence-corrected chi connectivity index (χ0v) is 10.9. The van der Waals surface area contributed by atoms with Crippen LogP contribution in [0.2, 0.25) is 0 Å². The lowest BCUT2D eigenvalue weighted by molar-refractivity contribution is -0.141. The van der Waals surface area contributed by atoms with Crippen LogP contribution in [0.1, 0.15) is 23.0 Å². The summed E-state index contributed by atoms with van der Waals surface area (Å²) < 4.78 is 56.4. The van der Waals surface area contributed by atoms with E-state index in [1.54, 1.807) is 0 Å². The summed E-state index contributed by atoms with van der Waals surface area (Å²) in [5.74, 6) is -1.60. The van der Waals surface area contributed by atoms with Gasteiger partial charge in [0.25, 0.3) is 0 Å². The third kappa shape index (κ3) is 3.07. The van der Waals surface area contributed by atoms with Crippen LogP contribution in [0.4, 0.5) is 17.6 Å². The van der Waals surface area contributed by atoms with Gasteiger partial charge in [-0.15, -0.1) is 0 Å². The first-order chi connectivity index (χ1) is 9.84. The molecule has 0 spiro atoms. The zero-order chi connectivity index (χ0) is 15.6. The van der Waals surface area contributed by atoms with Crippen LogP contribution in [-0.4, -0.2) is 17.6 Å². The van der Waals surface area contributed by atoms with E-state index >= 15 is 0 Å². The second-order valence-corrected chi connectivity index (χ2v) is 4.18. The number of esters is 1. The lowest BCUT2D eigenvalue weighted by atomic mass is 10.0. The highest BCUT2D eigenvalue weighted by Crippen LogP contribution is 2.36. The maximum Gasteiger partial charge on any atom is 0.432 e. The normalized spacial score (nSPS) is 11.5. The van der Waals surface area contributed by atoms with Crippen LogP contribution in [0.25, 0.3) is 11.1 Å². The summed E-state index contributed by atoms with van der Waals surface area (Å²) in [6.07, 6.45) is -3.66. The van der Waals surface area contributed by atoms with Gasteiger partial charge in [0.2, 0.25) is 0 Å². The minimum atomic E-state index is -4.72. The molecule has 0 bridgehead atoms. The van der Waals surface area contributed by atoms with Crippen molar-refractivity contribution in [3.63, 3.8) is 0 Å². The minimum absolute atomic E-state index is 0.0146. The summed E-state index contributed by atoms with van der Waals surface area (Å²) in [6.45, 7) is 1.44. The van der Waals surface area contributed by atoms with Gasteiger partial charge in [0.05, 0.1) is 12.2 Å². The van der Waals surface area contributed by atoms with E-state index in [9.17, 15) is 22.4 Å². The van der Waals surface area contributed by atoms with E-state index in [2.05, 4.69) is 4.74 Å². The molecule has 2 rings (SSSR count). The van der Waals surface area contributed by atoms with Crippen LogP contribution < -0.4 is 0 Å². The summed E-state index contributed by atoms with van der Waals surface area (Å²) in [7, 11) is 0. The van der Waals surface area contributed by atoms with Crippen molar-refractivity contribution in [2.45, 2.75) is 13.1 Å². The number of aromatic nitrogens is 1. The van der Waals surface area contributed by atoms with E-state index in [1.807, 2.05) is 4.98 Å². The van der Waals surface area contributed by atoms with E-state index in [4.69, 9.17) is 0 Å². The number of hydrogen-bond donors (Lipinski definition) is 1. The predicted molar refractivity (Wildman–Crippen MR) is 67.1 cm³/mol. The molecule has 1 heterocycles. The van der Waals surface area contributed by atoms with Gasteiger partial charge in [0, 0.05) is 11.8 Å². The highest BCUT2D eigenvalue weighted by Gasteiger charge is 2.39. The number of ether oxygens (including phenoxy) is 1. The van der Waals surface area contributed by atoms with E-state index in [0.717, 1.165) is 18.3 Å².